The molecule has 0 fully saturated rings. The first-order chi connectivity index (χ1) is 15.6. The number of thiocarbonyl (C=S) groups is 1. The van der Waals surface area contributed by atoms with Crippen LogP contribution in [0, 0.1) is 0 Å². The fraction of sp³-hybridized carbons (Fsp3) is 0.208. The second-order valence-corrected chi connectivity index (χ2v) is 7.33. The summed E-state index contributed by atoms with van der Waals surface area (Å²) in [5.74, 6) is 0.205. The van der Waals surface area contributed by atoms with Crippen molar-refractivity contribution in [3.63, 3.8) is 0 Å². The Hall–Kier alpha value is -3.65. The number of benzene rings is 3. The van der Waals surface area contributed by atoms with Gasteiger partial charge in [0.1, 0.15) is 11.5 Å². The predicted octanol–water partition coefficient (Wildman–Crippen LogP) is 3.73. The van der Waals surface area contributed by atoms with Gasteiger partial charge in [-0.3, -0.25) is 25.8 Å². The van der Waals surface area contributed by atoms with E-state index in [-0.39, 0.29) is 11.7 Å². The van der Waals surface area contributed by atoms with E-state index in [0.717, 1.165) is 23.6 Å². The van der Waals surface area contributed by atoms with Gasteiger partial charge in [-0.25, -0.2) is 0 Å². The van der Waals surface area contributed by atoms with Gasteiger partial charge < -0.3 is 9.47 Å². The zero-order chi connectivity index (χ0) is 22.8. The molecule has 7 nitrogen and oxygen atoms in total. The minimum Gasteiger partial charge on any atom is -0.493 e. The van der Waals surface area contributed by atoms with Crippen LogP contribution in [0.4, 0.5) is 0 Å². The molecule has 3 N–H and O–H groups in total. The van der Waals surface area contributed by atoms with Gasteiger partial charge in [-0.15, -0.1) is 0 Å². The van der Waals surface area contributed by atoms with Gasteiger partial charge in [-0.2, -0.15) is 0 Å². The number of unbranched alkanes of at least 4 members (excludes halogenated alkanes) is 1. The first kappa shape index (κ1) is 23.0. The number of carbonyl (C=O) groups excluding carboxylic acids is 2. The van der Waals surface area contributed by atoms with Crippen LogP contribution in [0.25, 0.3) is 10.8 Å². The van der Waals surface area contributed by atoms with E-state index >= 15 is 0 Å². The van der Waals surface area contributed by atoms with Crippen molar-refractivity contribution in [1.29, 1.82) is 0 Å². The monoisotopic (exact) mass is 451 g/mol. The summed E-state index contributed by atoms with van der Waals surface area (Å²) < 4.78 is 11.3. The molecule has 0 aromatic heterocycles. The first-order valence-corrected chi connectivity index (χ1v) is 10.7. The summed E-state index contributed by atoms with van der Waals surface area (Å²) in [6, 6.07) is 20.3. The standard InChI is InChI=1S/C24H25N3O4S/c1-2-3-15-30-21-13-7-6-12-19(21)23(29)25-24(32)27-26-22(28)16-31-20-14-8-10-17-9-4-5-11-18(17)20/h4-14H,2-3,15-16H2,1H3,(H,26,28)(H2,25,27,29,32). The SMILES string of the molecule is CCCCOc1ccccc1C(=O)NC(=S)NNC(=O)COc1cccc2ccccc12. The molecule has 3 aromatic rings. The third-order valence-electron chi connectivity index (χ3n) is 4.54. The zero-order valence-corrected chi connectivity index (χ0v) is 18.5. The Morgan fingerprint density at radius 3 is 2.44 bits per heavy atom. The van der Waals surface area contributed by atoms with Crippen molar-refractivity contribution < 1.29 is 19.1 Å². The topological polar surface area (TPSA) is 88.7 Å². The van der Waals surface area contributed by atoms with Crippen molar-refractivity contribution in [3.8, 4) is 11.5 Å². The highest BCUT2D eigenvalue weighted by molar-refractivity contribution is 7.80. The Balaban J connectivity index is 1.47. The third-order valence-corrected chi connectivity index (χ3v) is 4.74. The largest absolute Gasteiger partial charge is 0.493 e. The molecule has 0 saturated heterocycles. The molecule has 0 bridgehead atoms. The lowest BCUT2D eigenvalue weighted by Crippen LogP contribution is -2.49. The third kappa shape index (κ3) is 6.42. The Morgan fingerprint density at radius 2 is 1.59 bits per heavy atom. The second-order valence-electron chi connectivity index (χ2n) is 6.92. The number of para-hydroxylation sites is 1. The fourth-order valence-corrected chi connectivity index (χ4v) is 3.08. The van der Waals surface area contributed by atoms with E-state index in [2.05, 4.69) is 23.1 Å². The van der Waals surface area contributed by atoms with Crippen molar-refractivity contribution >= 4 is 39.9 Å². The molecule has 0 aliphatic rings. The summed E-state index contributed by atoms with van der Waals surface area (Å²) in [5, 5.41) is 4.42. The Kier molecular flexibility index (Phi) is 8.39. The average Bonchev–Trinajstić information content (AvgIpc) is 2.81. The molecule has 0 saturated carbocycles. The van der Waals surface area contributed by atoms with E-state index in [1.54, 1.807) is 30.3 Å². The number of hydrogen-bond donors (Lipinski definition) is 3. The van der Waals surface area contributed by atoms with Crippen LogP contribution in [0.3, 0.4) is 0 Å². The van der Waals surface area contributed by atoms with Crippen LogP contribution in [0.5, 0.6) is 11.5 Å². The molecule has 0 aliphatic heterocycles. The highest BCUT2D eigenvalue weighted by atomic mass is 32.1. The highest BCUT2D eigenvalue weighted by Crippen LogP contribution is 2.25. The smallest absolute Gasteiger partial charge is 0.276 e. The van der Waals surface area contributed by atoms with Crippen molar-refractivity contribution in [2.24, 2.45) is 0 Å². The van der Waals surface area contributed by atoms with E-state index in [1.807, 2.05) is 36.4 Å². The van der Waals surface area contributed by atoms with Crippen LogP contribution in [0.2, 0.25) is 0 Å². The normalized spacial score (nSPS) is 10.3. The average molecular weight is 452 g/mol. The summed E-state index contributed by atoms with van der Waals surface area (Å²) in [7, 11) is 0. The molecule has 0 heterocycles. The minimum atomic E-state index is -0.446. The van der Waals surface area contributed by atoms with Crippen molar-refractivity contribution in [1.82, 2.24) is 16.2 Å². The van der Waals surface area contributed by atoms with Gasteiger partial charge in [0.05, 0.1) is 12.2 Å². The van der Waals surface area contributed by atoms with E-state index in [0.29, 0.717) is 23.7 Å². The van der Waals surface area contributed by atoms with Crippen LogP contribution in [-0.4, -0.2) is 30.1 Å². The number of fused-ring (bicyclic) bond motifs is 1. The van der Waals surface area contributed by atoms with Gasteiger partial charge in [0, 0.05) is 5.39 Å². The lowest BCUT2D eigenvalue weighted by molar-refractivity contribution is -0.123. The number of ether oxygens (including phenoxy) is 2. The molecule has 0 spiro atoms. The molecule has 3 rings (SSSR count). The van der Waals surface area contributed by atoms with Crippen LogP contribution in [0.1, 0.15) is 30.1 Å². The molecule has 166 valence electrons. The summed E-state index contributed by atoms with van der Waals surface area (Å²) >= 11 is 5.10. The highest BCUT2D eigenvalue weighted by Gasteiger charge is 2.14. The molecule has 0 unspecified atom stereocenters. The Labute approximate surface area is 192 Å². The fourth-order valence-electron chi connectivity index (χ4n) is 2.94. The van der Waals surface area contributed by atoms with Gasteiger partial charge in [0.25, 0.3) is 11.8 Å². The molecular weight excluding hydrogens is 426 g/mol. The molecule has 3 aromatic carbocycles. The van der Waals surface area contributed by atoms with Crippen LogP contribution < -0.4 is 25.6 Å². The lowest BCUT2D eigenvalue weighted by atomic mass is 10.1. The maximum atomic E-state index is 12.5. The summed E-state index contributed by atoms with van der Waals surface area (Å²) in [6.45, 7) is 2.37. The lowest BCUT2D eigenvalue weighted by Gasteiger charge is -2.14. The van der Waals surface area contributed by atoms with E-state index in [4.69, 9.17) is 21.7 Å². The van der Waals surface area contributed by atoms with Crippen molar-refractivity contribution in [2.75, 3.05) is 13.2 Å². The molecule has 0 atom stereocenters. The van der Waals surface area contributed by atoms with Crippen molar-refractivity contribution in [2.45, 2.75) is 19.8 Å². The number of nitrogens with one attached hydrogen (secondary N) is 3. The quantitative estimate of drug-likeness (QED) is 0.275. The van der Waals surface area contributed by atoms with E-state index in [9.17, 15) is 9.59 Å². The molecular formula is C24H25N3O4S. The van der Waals surface area contributed by atoms with Gasteiger partial charge in [0.2, 0.25) is 0 Å². The van der Waals surface area contributed by atoms with Crippen molar-refractivity contribution in [3.05, 3.63) is 72.3 Å². The summed E-state index contributed by atoms with van der Waals surface area (Å²) in [4.78, 5) is 24.7. The maximum Gasteiger partial charge on any atom is 0.276 e. The predicted molar refractivity (Wildman–Crippen MR) is 128 cm³/mol. The second kappa shape index (κ2) is 11.7. The van der Waals surface area contributed by atoms with Gasteiger partial charge in [0.15, 0.2) is 11.7 Å². The summed E-state index contributed by atoms with van der Waals surface area (Å²) in [5.41, 5.74) is 5.28. The number of carbonyl (C=O) groups is 2. The zero-order valence-electron chi connectivity index (χ0n) is 17.7. The molecule has 2 amide bonds. The van der Waals surface area contributed by atoms with E-state index in [1.165, 1.54) is 0 Å². The minimum absolute atomic E-state index is 0.0446. The Morgan fingerprint density at radius 1 is 0.875 bits per heavy atom. The molecule has 0 radical (unpaired) electrons. The van der Waals surface area contributed by atoms with Gasteiger partial charge in [-0.1, -0.05) is 61.9 Å². The molecule has 0 aliphatic carbocycles. The summed E-state index contributed by atoms with van der Waals surface area (Å²) in [6.07, 6.45) is 1.88. The van der Waals surface area contributed by atoms with Crippen LogP contribution in [-0.2, 0) is 4.79 Å². The van der Waals surface area contributed by atoms with Gasteiger partial charge in [-0.05, 0) is 42.2 Å². The Bertz CT molecular complexity index is 1100. The number of hydrazine groups is 1. The first-order valence-electron chi connectivity index (χ1n) is 10.3. The van der Waals surface area contributed by atoms with Crippen LogP contribution >= 0.6 is 12.2 Å². The molecule has 32 heavy (non-hydrogen) atoms. The molecule has 8 heteroatoms. The van der Waals surface area contributed by atoms with E-state index < -0.39 is 11.8 Å². The number of amides is 2. The number of hydrogen-bond acceptors (Lipinski definition) is 5. The number of rotatable bonds is 8. The maximum absolute atomic E-state index is 12.5. The van der Waals surface area contributed by atoms with Crippen LogP contribution in [0.15, 0.2) is 66.7 Å². The van der Waals surface area contributed by atoms with Gasteiger partial charge >= 0.3 is 0 Å².